The fraction of sp³-hybridized carbons (Fsp3) is 0.520. The van der Waals surface area contributed by atoms with Crippen LogP contribution in [0, 0.1) is 11.3 Å². The van der Waals surface area contributed by atoms with Crippen molar-refractivity contribution in [2.45, 2.75) is 71.8 Å². The lowest BCUT2D eigenvalue weighted by atomic mass is 10.1. The SMILES string of the molecule is CCn1c(N2CCCC(N)C2)nc2c1c(=O)n(Cc1ncccc1C#N)c(=O)n2CC(=O)OC(C)(C)C. The van der Waals surface area contributed by atoms with Gasteiger partial charge < -0.3 is 19.9 Å². The van der Waals surface area contributed by atoms with Gasteiger partial charge in [0.15, 0.2) is 11.2 Å². The topological polar surface area (TPSA) is 154 Å². The molecule has 1 saturated heterocycles. The van der Waals surface area contributed by atoms with E-state index in [1.165, 1.54) is 10.8 Å². The maximum atomic E-state index is 13.8. The van der Waals surface area contributed by atoms with Gasteiger partial charge in [-0.2, -0.15) is 10.2 Å². The van der Waals surface area contributed by atoms with Crippen molar-refractivity contribution in [1.82, 2.24) is 23.7 Å². The summed E-state index contributed by atoms with van der Waals surface area (Å²) in [6, 6.07) is 5.18. The van der Waals surface area contributed by atoms with Gasteiger partial charge in [0.05, 0.1) is 17.8 Å². The van der Waals surface area contributed by atoms with E-state index < -0.39 is 29.4 Å². The molecule has 1 fully saturated rings. The summed E-state index contributed by atoms with van der Waals surface area (Å²) in [4.78, 5) is 51.2. The highest BCUT2D eigenvalue weighted by Gasteiger charge is 2.28. The molecule has 12 nitrogen and oxygen atoms in total. The number of carbonyl (C=O) groups excluding carboxylic acids is 1. The number of nitrogens with two attached hydrogens (primary N) is 1. The number of imidazole rings is 1. The lowest BCUT2D eigenvalue weighted by Gasteiger charge is -2.31. The molecule has 0 bridgehead atoms. The highest BCUT2D eigenvalue weighted by atomic mass is 16.6. The lowest BCUT2D eigenvalue weighted by Crippen LogP contribution is -2.44. The lowest BCUT2D eigenvalue weighted by molar-refractivity contribution is -0.155. The predicted octanol–water partition coefficient (Wildman–Crippen LogP) is 0.964. The van der Waals surface area contributed by atoms with Crippen LogP contribution in [0.3, 0.4) is 0 Å². The molecule has 1 unspecified atom stereocenters. The van der Waals surface area contributed by atoms with E-state index in [2.05, 4.69) is 4.98 Å². The molecule has 0 aliphatic carbocycles. The van der Waals surface area contributed by atoms with Gasteiger partial charge in [0.1, 0.15) is 18.2 Å². The number of fused-ring (bicyclic) bond motifs is 1. The molecule has 3 aromatic heterocycles. The molecule has 1 aliphatic heterocycles. The molecule has 0 amide bonds. The molecule has 196 valence electrons. The van der Waals surface area contributed by atoms with E-state index in [1.807, 2.05) is 17.9 Å². The zero-order valence-corrected chi connectivity index (χ0v) is 21.6. The third kappa shape index (κ3) is 5.27. The monoisotopic (exact) mass is 508 g/mol. The van der Waals surface area contributed by atoms with E-state index in [0.29, 0.717) is 25.6 Å². The summed E-state index contributed by atoms with van der Waals surface area (Å²) in [5, 5.41) is 9.49. The molecule has 0 aromatic carbocycles. The number of aromatic nitrogens is 5. The zero-order valence-electron chi connectivity index (χ0n) is 21.6. The van der Waals surface area contributed by atoms with Gasteiger partial charge in [-0.3, -0.25) is 23.7 Å². The number of rotatable bonds is 6. The molecule has 12 heteroatoms. The fourth-order valence-corrected chi connectivity index (χ4v) is 4.61. The van der Waals surface area contributed by atoms with Crippen molar-refractivity contribution < 1.29 is 9.53 Å². The van der Waals surface area contributed by atoms with Crippen LogP contribution in [0.4, 0.5) is 5.95 Å². The first-order valence-corrected chi connectivity index (χ1v) is 12.3. The summed E-state index contributed by atoms with van der Waals surface area (Å²) in [5.74, 6) is -0.111. The molecule has 2 N–H and O–H groups in total. The number of hydrogen-bond acceptors (Lipinski definition) is 9. The molecule has 0 radical (unpaired) electrons. The van der Waals surface area contributed by atoms with Crippen LogP contribution < -0.4 is 21.9 Å². The molecule has 37 heavy (non-hydrogen) atoms. The Bertz CT molecular complexity index is 1490. The Kier molecular flexibility index (Phi) is 7.18. The first-order chi connectivity index (χ1) is 17.5. The van der Waals surface area contributed by atoms with E-state index in [-0.39, 0.29) is 35.0 Å². The van der Waals surface area contributed by atoms with E-state index in [1.54, 1.807) is 37.5 Å². The Morgan fingerprint density at radius 1 is 1.27 bits per heavy atom. The van der Waals surface area contributed by atoms with Crippen molar-refractivity contribution in [3.8, 4) is 6.07 Å². The van der Waals surface area contributed by atoms with Gasteiger partial charge in [0.25, 0.3) is 5.56 Å². The van der Waals surface area contributed by atoms with Crippen molar-refractivity contribution >= 4 is 23.1 Å². The van der Waals surface area contributed by atoms with Gasteiger partial charge in [-0.1, -0.05) is 0 Å². The number of nitrogens with zero attached hydrogens (tertiary/aromatic N) is 7. The standard InChI is InChI=1S/C25H32N8O4/c1-5-31-20-21(29-23(31)30-11-7-9-17(27)13-30)32(15-19(34)37-25(2,3)4)24(36)33(22(20)35)14-18-16(12-26)8-6-10-28-18/h6,8,10,17H,5,7,9,11,13-15,27H2,1-4H3. The average molecular weight is 509 g/mol. The molecule has 4 rings (SSSR count). The summed E-state index contributed by atoms with van der Waals surface area (Å²) in [7, 11) is 0. The molecule has 0 spiro atoms. The van der Waals surface area contributed by atoms with E-state index in [9.17, 15) is 19.6 Å². The normalized spacial score (nSPS) is 16.1. The third-order valence-corrected chi connectivity index (χ3v) is 6.18. The Labute approximate surface area is 213 Å². The molecular formula is C25H32N8O4. The van der Waals surface area contributed by atoms with Crippen LogP contribution in [0.5, 0.6) is 0 Å². The first kappa shape index (κ1) is 26.1. The van der Waals surface area contributed by atoms with Crippen LogP contribution in [-0.2, 0) is 29.2 Å². The Morgan fingerprint density at radius 2 is 2.03 bits per heavy atom. The number of esters is 1. The number of anilines is 1. The van der Waals surface area contributed by atoms with Crippen LogP contribution in [0.15, 0.2) is 27.9 Å². The minimum absolute atomic E-state index is 0.0342. The highest BCUT2D eigenvalue weighted by Crippen LogP contribution is 2.23. The molecular weight excluding hydrogens is 476 g/mol. The minimum atomic E-state index is -0.762. The number of hydrogen-bond donors (Lipinski definition) is 1. The zero-order chi connectivity index (χ0) is 26.9. The maximum Gasteiger partial charge on any atom is 0.333 e. The molecule has 1 atom stereocenters. The number of ether oxygens (including phenoxy) is 1. The number of pyridine rings is 1. The van der Waals surface area contributed by atoms with Crippen LogP contribution in [0.25, 0.3) is 11.2 Å². The molecule has 4 heterocycles. The Hall–Kier alpha value is -3.98. The van der Waals surface area contributed by atoms with Crippen LogP contribution >= 0.6 is 0 Å². The third-order valence-electron chi connectivity index (χ3n) is 6.18. The van der Waals surface area contributed by atoms with Gasteiger partial charge >= 0.3 is 11.7 Å². The van der Waals surface area contributed by atoms with Crippen molar-refractivity contribution in [3.05, 3.63) is 50.4 Å². The second-order valence-corrected chi connectivity index (χ2v) is 10.1. The molecule has 0 saturated carbocycles. The number of aryl methyl sites for hydroxylation is 1. The van der Waals surface area contributed by atoms with Gasteiger partial charge in [-0.15, -0.1) is 0 Å². The molecule has 1 aliphatic rings. The van der Waals surface area contributed by atoms with Crippen molar-refractivity contribution in [1.29, 1.82) is 5.26 Å². The van der Waals surface area contributed by atoms with Crippen LogP contribution in [-0.4, -0.2) is 54.4 Å². The van der Waals surface area contributed by atoms with Crippen molar-refractivity contribution in [2.24, 2.45) is 5.73 Å². The minimum Gasteiger partial charge on any atom is -0.459 e. The Balaban J connectivity index is 1.95. The summed E-state index contributed by atoms with van der Waals surface area (Å²) in [5.41, 5.74) is 4.95. The molecule has 3 aromatic rings. The summed E-state index contributed by atoms with van der Waals surface area (Å²) >= 11 is 0. The highest BCUT2D eigenvalue weighted by molar-refractivity contribution is 5.77. The largest absolute Gasteiger partial charge is 0.459 e. The van der Waals surface area contributed by atoms with E-state index in [4.69, 9.17) is 15.5 Å². The van der Waals surface area contributed by atoms with Crippen LogP contribution in [0.2, 0.25) is 0 Å². The van der Waals surface area contributed by atoms with Crippen LogP contribution in [0.1, 0.15) is 51.8 Å². The predicted molar refractivity (Wildman–Crippen MR) is 137 cm³/mol. The maximum absolute atomic E-state index is 13.8. The average Bonchev–Trinajstić information content (AvgIpc) is 3.23. The van der Waals surface area contributed by atoms with E-state index in [0.717, 1.165) is 17.4 Å². The van der Waals surface area contributed by atoms with Gasteiger partial charge in [-0.25, -0.2) is 4.79 Å². The Morgan fingerprint density at radius 3 is 2.68 bits per heavy atom. The fourth-order valence-electron chi connectivity index (χ4n) is 4.61. The summed E-state index contributed by atoms with van der Waals surface area (Å²) in [6.45, 7) is 8.10. The second-order valence-electron chi connectivity index (χ2n) is 10.1. The summed E-state index contributed by atoms with van der Waals surface area (Å²) < 4.78 is 9.37. The van der Waals surface area contributed by atoms with Gasteiger partial charge in [0, 0.05) is 31.9 Å². The van der Waals surface area contributed by atoms with Crippen molar-refractivity contribution in [2.75, 3.05) is 18.0 Å². The van der Waals surface area contributed by atoms with Crippen molar-refractivity contribution in [3.63, 3.8) is 0 Å². The van der Waals surface area contributed by atoms with Gasteiger partial charge in [0.2, 0.25) is 5.95 Å². The number of nitriles is 1. The smallest absolute Gasteiger partial charge is 0.333 e. The quantitative estimate of drug-likeness (QED) is 0.480. The number of carbonyl (C=O) groups is 1. The summed E-state index contributed by atoms with van der Waals surface area (Å²) in [6.07, 6.45) is 3.26. The van der Waals surface area contributed by atoms with Gasteiger partial charge in [-0.05, 0) is 52.7 Å². The number of piperidine rings is 1. The second kappa shape index (κ2) is 10.2. The van der Waals surface area contributed by atoms with E-state index >= 15 is 0 Å². The first-order valence-electron chi connectivity index (χ1n) is 12.3.